The molecule has 0 amide bonds. The third-order valence-corrected chi connectivity index (χ3v) is 5.26. The van der Waals surface area contributed by atoms with Crippen LogP contribution in [-0.2, 0) is 4.74 Å². The van der Waals surface area contributed by atoms with Crippen molar-refractivity contribution in [2.75, 3.05) is 45.7 Å². The number of piperidine rings is 1. The van der Waals surface area contributed by atoms with Gasteiger partial charge in [-0.2, -0.15) is 5.26 Å². The van der Waals surface area contributed by atoms with Gasteiger partial charge in [0, 0.05) is 32.1 Å². The number of aryl methyl sites for hydroxylation is 1. The Balaban J connectivity index is 1.92. The second kappa shape index (κ2) is 6.99. The largest absolute Gasteiger partial charge is 0.377 e. The summed E-state index contributed by atoms with van der Waals surface area (Å²) >= 11 is 0. The van der Waals surface area contributed by atoms with Gasteiger partial charge in [-0.3, -0.25) is 0 Å². The van der Waals surface area contributed by atoms with Gasteiger partial charge in [0.15, 0.2) is 0 Å². The summed E-state index contributed by atoms with van der Waals surface area (Å²) in [6, 6.07) is 10.4. The highest BCUT2D eigenvalue weighted by atomic mass is 16.5. The Bertz CT molecular complexity index is 801. The van der Waals surface area contributed by atoms with Gasteiger partial charge in [-0.1, -0.05) is 18.2 Å². The molecule has 25 heavy (non-hydrogen) atoms. The zero-order valence-electron chi connectivity index (χ0n) is 15.5. The van der Waals surface area contributed by atoms with Crippen LogP contribution in [0.1, 0.15) is 24.0 Å². The number of methoxy groups -OCH3 is 1. The Morgan fingerprint density at radius 2 is 1.96 bits per heavy atom. The number of nitriles is 1. The van der Waals surface area contributed by atoms with E-state index in [1.807, 2.05) is 31.2 Å². The minimum atomic E-state index is -0.112. The second-order valence-electron chi connectivity index (χ2n) is 7.18. The predicted octanol–water partition coefficient (Wildman–Crippen LogP) is 2.96. The summed E-state index contributed by atoms with van der Waals surface area (Å²) in [5, 5.41) is 10.8. The molecule has 132 valence electrons. The molecular formula is C20H26N4O. The lowest BCUT2D eigenvalue weighted by Crippen LogP contribution is -2.51. The molecule has 0 bridgehead atoms. The lowest BCUT2D eigenvalue weighted by atomic mass is 9.90. The minimum absolute atomic E-state index is 0.112. The number of para-hydroxylation sites is 1. The highest BCUT2D eigenvalue weighted by molar-refractivity contribution is 5.87. The van der Waals surface area contributed by atoms with Gasteiger partial charge in [-0.15, -0.1) is 0 Å². The number of aromatic nitrogens is 1. The molecule has 0 aliphatic carbocycles. The van der Waals surface area contributed by atoms with Crippen LogP contribution in [0.15, 0.2) is 24.3 Å². The molecule has 1 fully saturated rings. The second-order valence-corrected chi connectivity index (χ2v) is 7.18. The van der Waals surface area contributed by atoms with Crippen molar-refractivity contribution in [3.63, 3.8) is 0 Å². The zero-order valence-corrected chi connectivity index (χ0v) is 15.5. The number of hydrogen-bond acceptors (Lipinski definition) is 5. The highest BCUT2D eigenvalue weighted by Gasteiger charge is 2.36. The van der Waals surface area contributed by atoms with Gasteiger partial charge < -0.3 is 14.5 Å². The first-order chi connectivity index (χ1) is 12.0. The minimum Gasteiger partial charge on any atom is -0.377 e. The van der Waals surface area contributed by atoms with E-state index >= 15 is 0 Å². The Labute approximate surface area is 149 Å². The molecule has 0 atom stereocenters. The van der Waals surface area contributed by atoms with E-state index in [4.69, 9.17) is 9.72 Å². The molecule has 2 heterocycles. The summed E-state index contributed by atoms with van der Waals surface area (Å²) < 4.78 is 5.87. The number of benzene rings is 1. The van der Waals surface area contributed by atoms with Crippen molar-refractivity contribution in [3.8, 4) is 6.07 Å². The van der Waals surface area contributed by atoms with E-state index in [1.165, 1.54) is 0 Å². The lowest BCUT2D eigenvalue weighted by molar-refractivity contribution is -0.0455. The van der Waals surface area contributed by atoms with Crippen LogP contribution in [0.3, 0.4) is 0 Å². The number of ether oxygens (including phenoxy) is 1. The zero-order chi connectivity index (χ0) is 18.0. The van der Waals surface area contributed by atoms with Crippen LogP contribution in [-0.4, -0.2) is 56.3 Å². The molecule has 1 saturated heterocycles. The van der Waals surface area contributed by atoms with Crippen LogP contribution < -0.4 is 4.90 Å². The highest BCUT2D eigenvalue weighted by Crippen LogP contribution is 2.33. The molecule has 5 nitrogen and oxygen atoms in total. The number of fused-ring (bicyclic) bond motifs is 1. The molecule has 1 aromatic heterocycles. The topological polar surface area (TPSA) is 52.4 Å². The average Bonchev–Trinajstić information content (AvgIpc) is 2.62. The number of pyridine rings is 1. The Morgan fingerprint density at radius 3 is 2.56 bits per heavy atom. The summed E-state index contributed by atoms with van der Waals surface area (Å²) in [4.78, 5) is 9.24. The molecule has 0 N–H and O–H groups in total. The van der Waals surface area contributed by atoms with Crippen LogP contribution in [0, 0.1) is 18.3 Å². The van der Waals surface area contributed by atoms with E-state index in [0.717, 1.165) is 54.8 Å². The molecule has 5 heteroatoms. The first kappa shape index (κ1) is 17.7. The fourth-order valence-corrected chi connectivity index (χ4v) is 3.85. The lowest BCUT2D eigenvalue weighted by Gasteiger charge is -2.42. The molecule has 1 aliphatic rings. The molecule has 1 aromatic carbocycles. The van der Waals surface area contributed by atoms with Crippen LogP contribution in [0.2, 0.25) is 0 Å². The third-order valence-electron chi connectivity index (χ3n) is 5.26. The van der Waals surface area contributed by atoms with Crippen LogP contribution in [0.5, 0.6) is 0 Å². The molecule has 0 spiro atoms. The van der Waals surface area contributed by atoms with Crippen molar-refractivity contribution in [3.05, 3.63) is 35.4 Å². The Kier molecular flexibility index (Phi) is 4.94. The van der Waals surface area contributed by atoms with Crippen molar-refractivity contribution in [1.29, 1.82) is 5.26 Å². The first-order valence-electron chi connectivity index (χ1n) is 8.74. The summed E-state index contributed by atoms with van der Waals surface area (Å²) in [6.07, 6.45) is 1.86. The Morgan fingerprint density at radius 1 is 1.28 bits per heavy atom. The van der Waals surface area contributed by atoms with E-state index in [1.54, 1.807) is 7.11 Å². The quantitative estimate of drug-likeness (QED) is 0.858. The molecule has 2 aromatic rings. The number of likely N-dealkylation sites (N-methyl/N-ethyl adjacent to an activating group) is 1. The van der Waals surface area contributed by atoms with Gasteiger partial charge in [0.1, 0.15) is 11.9 Å². The van der Waals surface area contributed by atoms with Gasteiger partial charge in [0.25, 0.3) is 0 Å². The van der Waals surface area contributed by atoms with Crippen LogP contribution in [0.4, 0.5) is 5.82 Å². The summed E-state index contributed by atoms with van der Waals surface area (Å²) in [5.41, 5.74) is 2.54. The summed E-state index contributed by atoms with van der Waals surface area (Å²) in [6.45, 7) is 4.62. The van der Waals surface area contributed by atoms with Crippen molar-refractivity contribution in [2.45, 2.75) is 25.4 Å². The maximum absolute atomic E-state index is 9.71. The Hall–Kier alpha value is -2.16. The molecule has 1 aliphatic heterocycles. The van der Waals surface area contributed by atoms with Gasteiger partial charge in [-0.05, 0) is 45.5 Å². The van der Waals surface area contributed by atoms with Crippen LogP contribution >= 0.6 is 0 Å². The van der Waals surface area contributed by atoms with Gasteiger partial charge in [-0.25, -0.2) is 4.98 Å². The van der Waals surface area contributed by atoms with E-state index in [0.29, 0.717) is 5.56 Å². The van der Waals surface area contributed by atoms with Crippen LogP contribution in [0.25, 0.3) is 10.9 Å². The number of anilines is 1. The third kappa shape index (κ3) is 3.33. The van der Waals surface area contributed by atoms with E-state index in [9.17, 15) is 5.26 Å². The van der Waals surface area contributed by atoms with Gasteiger partial charge in [0.2, 0.25) is 0 Å². The van der Waals surface area contributed by atoms with E-state index < -0.39 is 0 Å². The molecule has 0 radical (unpaired) electrons. The standard InChI is InChI=1S/C20H26N4O/c1-15-16-7-5-6-8-18(16)22-19(17(15)13-21)24-11-9-20(25-4,10-12-24)14-23(2)3/h5-8H,9-12,14H2,1-4H3. The molecule has 0 saturated carbocycles. The van der Waals surface area contributed by atoms with E-state index in [-0.39, 0.29) is 5.60 Å². The monoisotopic (exact) mass is 338 g/mol. The van der Waals surface area contributed by atoms with Crippen molar-refractivity contribution in [2.24, 2.45) is 0 Å². The average molecular weight is 338 g/mol. The molecule has 3 rings (SSSR count). The number of rotatable bonds is 4. The fourth-order valence-electron chi connectivity index (χ4n) is 3.85. The van der Waals surface area contributed by atoms with Gasteiger partial charge in [0.05, 0.1) is 16.7 Å². The van der Waals surface area contributed by atoms with Crippen molar-refractivity contribution in [1.82, 2.24) is 9.88 Å². The van der Waals surface area contributed by atoms with Gasteiger partial charge >= 0.3 is 0 Å². The smallest absolute Gasteiger partial charge is 0.147 e. The van der Waals surface area contributed by atoms with Crippen molar-refractivity contribution >= 4 is 16.7 Å². The first-order valence-corrected chi connectivity index (χ1v) is 8.74. The maximum Gasteiger partial charge on any atom is 0.147 e. The normalized spacial score (nSPS) is 17.0. The number of nitrogens with zero attached hydrogens (tertiary/aromatic N) is 4. The SMILES string of the molecule is COC1(CN(C)C)CCN(c2nc3ccccc3c(C)c2C#N)CC1. The fraction of sp³-hybridized carbons (Fsp3) is 0.500. The summed E-state index contributed by atoms with van der Waals surface area (Å²) in [5.74, 6) is 0.813. The van der Waals surface area contributed by atoms with Crippen molar-refractivity contribution < 1.29 is 4.74 Å². The predicted molar refractivity (Wildman–Crippen MR) is 101 cm³/mol. The molecule has 0 unspecified atom stereocenters. The maximum atomic E-state index is 9.71. The summed E-state index contributed by atoms with van der Waals surface area (Å²) in [7, 11) is 5.96. The number of hydrogen-bond donors (Lipinski definition) is 0. The molecular weight excluding hydrogens is 312 g/mol. The van der Waals surface area contributed by atoms with E-state index in [2.05, 4.69) is 30.0 Å².